The maximum Gasteiger partial charge on any atom is 0.269 e. The molecule has 3 rings (SSSR count). The molecule has 1 atom stereocenters. The molecule has 0 N–H and O–H groups in total. The Balaban J connectivity index is 1.56. The molecule has 0 spiro atoms. The zero-order valence-corrected chi connectivity index (χ0v) is 14.1. The van der Waals surface area contributed by atoms with Gasteiger partial charge in [-0.25, -0.2) is 0 Å². The minimum atomic E-state index is -0.380. The molecule has 1 aliphatic rings. The molecule has 0 saturated carbocycles. The van der Waals surface area contributed by atoms with Crippen molar-refractivity contribution in [1.82, 2.24) is 4.90 Å². The second kappa shape index (κ2) is 8.05. The SMILES string of the molecule is C=Cc1ccc(CCN2CCO[C@H](c3ccc([N+](=O)[O-])cc3)C2)cc1. The molecule has 5 heteroatoms. The average Bonchev–Trinajstić information content (AvgIpc) is 2.67. The Labute approximate surface area is 147 Å². The van der Waals surface area contributed by atoms with Crippen LogP contribution in [-0.4, -0.2) is 36.1 Å². The van der Waals surface area contributed by atoms with E-state index in [0.29, 0.717) is 6.61 Å². The molecule has 1 aliphatic heterocycles. The third-order valence-electron chi connectivity index (χ3n) is 4.56. The van der Waals surface area contributed by atoms with Crippen LogP contribution in [0.15, 0.2) is 55.1 Å². The Morgan fingerprint density at radius 1 is 1.20 bits per heavy atom. The number of ether oxygens (including phenoxy) is 1. The summed E-state index contributed by atoms with van der Waals surface area (Å²) in [5.74, 6) is 0. The minimum absolute atomic E-state index is 0.0299. The van der Waals surface area contributed by atoms with E-state index < -0.39 is 0 Å². The van der Waals surface area contributed by atoms with Crippen LogP contribution in [0.2, 0.25) is 0 Å². The van der Waals surface area contributed by atoms with Crippen molar-refractivity contribution >= 4 is 11.8 Å². The largest absolute Gasteiger partial charge is 0.371 e. The third-order valence-corrected chi connectivity index (χ3v) is 4.56. The molecule has 1 heterocycles. The minimum Gasteiger partial charge on any atom is -0.371 e. The molecule has 2 aromatic carbocycles. The first-order valence-corrected chi connectivity index (χ1v) is 8.45. The van der Waals surface area contributed by atoms with Crippen molar-refractivity contribution in [3.8, 4) is 0 Å². The molecule has 0 aromatic heterocycles. The van der Waals surface area contributed by atoms with Crippen LogP contribution in [0, 0.1) is 10.1 Å². The normalized spacial score (nSPS) is 18.0. The number of nitro groups is 1. The molecule has 25 heavy (non-hydrogen) atoms. The Morgan fingerprint density at radius 3 is 2.56 bits per heavy atom. The van der Waals surface area contributed by atoms with Crippen molar-refractivity contribution in [2.75, 3.05) is 26.2 Å². The number of morpholine rings is 1. The van der Waals surface area contributed by atoms with Gasteiger partial charge in [0.15, 0.2) is 0 Å². The maximum absolute atomic E-state index is 10.8. The van der Waals surface area contributed by atoms with Crippen LogP contribution < -0.4 is 0 Å². The number of non-ortho nitro benzene ring substituents is 1. The van der Waals surface area contributed by atoms with Crippen molar-refractivity contribution < 1.29 is 9.66 Å². The van der Waals surface area contributed by atoms with Gasteiger partial charge in [-0.15, -0.1) is 0 Å². The summed E-state index contributed by atoms with van der Waals surface area (Å²) in [5.41, 5.74) is 3.54. The van der Waals surface area contributed by atoms with Crippen molar-refractivity contribution in [1.29, 1.82) is 0 Å². The van der Waals surface area contributed by atoms with Gasteiger partial charge in [0.1, 0.15) is 0 Å². The van der Waals surface area contributed by atoms with Crippen molar-refractivity contribution in [3.05, 3.63) is 81.9 Å². The van der Waals surface area contributed by atoms with Gasteiger partial charge in [0.25, 0.3) is 5.69 Å². The van der Waals surface area contributed by atoms with Crippen LogP contribution in [-0.2, 0) is 11.2 Å². The molecule has 0 radical (unpaired) electrons. The highest BCUT2D eigenvalue weighted by molar-refractivity contribution is 5.47. The van der Waals surface area contributed by atoms with Crippen LogP contribution in [0.5, 0.6) is 0 Å². The molecular formula is C20H22N2O3. The summed E-state index contributed by atoms with van der Waals surface area (Å²) in [6.07, 6.45) is 2.81. The van der Waals surface area contributed by atoms with Crippen LogP contribution in [0.25, 0.3) is 6.08 Å². The summed E-state index contributed by atoms with van der Waals surface area (Å²) in [5, 5.41) is 10.8. The smallest absolute Gasteiger partial charge is 0.269 e. The van der Waals surface area contributed by atoms with E-state index >= 15 is 0 Å². The van der Waals surface area contributed by atoms with Crippen molar-refractivity contribution in [3.63, 3.8) is 0 Å². The van der Waals surface area contributed by atoms with Gasteiger partial charge in [0.05, 0.1) is 17.6 Å². The van der Waals surface area contributed by atoms with E-state index in [1.54, 1.807) is 24.3 Å². The third kappa shape index (κ3) is 4.53. The van der Waals surface area contributed by atoms with Gasteiger partial charge in [-0.1, -0.05) is 36.9 Å². The summed E-state index contributed by atoms with van der Waals surface area (Å²) < 4.78 is 5.85. The van der Waals surface area contributed by atoms with Crippen LogP contribution >= 0.6 is 0 Å². The molecule has 130 valence electrons. The molecule has 0 bridgehead atoms. The van der Waals surface area contributed by atoms with Gasteiger partial charge < -0.3 is 4.74 Å². The topological polar surface area (TPSA) is 55.6 Å². The highest BCUT2D eigenvalue weighted by Crippen LogP contribution is 2.24. The van der Waals surface area contributed by atoms with Crippen molar-refractivity contribution in [2.45, 2.75) is 12.5 Å². The lowest BCUT2D eigenvalue weighted by molar-refractivity contribution is -0.384. The number of nitrogens with zero attached hydrogens (tertiary/aromatic N) is 2. The monoisotopic (exact) mass is 338 g/mol. The first-order valence-electron chi connectivity index (χ1n) is 8.45. The summed E-state index contributed by atoms with van der Waals surface area (Å²) in [6.45, 7) is 7.14. The number of rotatable bonds is 6. The van der Waals surface area contributed by atoms with E-state index in [1.165, 1.54) is 5.56 Å². The Morgan fingerprint density at radius 2 is 1.92 bits per heavy atom. The molecule has 0 unspecified atom stereocenters. The van der Waals surface area contributed by atoms with Gasteiger partial charge in [-0.2, -0.15) is 0 Å². The fraction of sp³-hybridized carbons (Fsp3) is 0.300. The predicted octanol–water partition coefficient (Wildman–Crippen LogP) is 3.85. The lowest BCUT2D eigenvalue weighted by Gasteiger charge is -2.33. The number of nitro benzene ring substituents is 1. The van der Waals surface area contributed by atoms with Crippen LogP contribution in [0.4, 0.5) is 5.69 Å². The van der Waals surface area contributed by atoms with E-state index in [0.717, 1.165) is 37.2 Å². The summed E-state index contributed by atoms with van der Waals surface area (Å²) in [4.78, 5) is 12.8. The highest BCUT2D eigenvalue weighted by Gasteiger charge is 2.22. The molecule has 0 amide bonds. The van der Waals surface area contributed by atoms with E-state index in [1.807, 2.05) is 6.08 Å². The fourth-order valence-electron chi connectivity index (χ4n) is 3.03. The van der Waals surface area contributed by atoms with Crippen LogP contribution in [0.3, 0.4) is 0 Å². The number of hydrogen-bond donors (Lipinski definition) is 0. The predicted molar refractivity (Wildman–Crippen MR) is 98.5 cm³/mol. The second-order valence-corrected chi connectivity index (χ2v) is 6.20. The average molecular weight is 338 g/mol. The molecule has 2 aromatic rings. The summed E-state index contributed by atoms with van der Waals surface area (Å²) >= 11 is 0. The molecule has 5 nitrogen and oxygen atoms in total. The lowest BCUT2D eigenvalue weighted by atomic mass is 10.1. The zero-order chi connectivity index (χ0) is 17.6. The first-order chi connectivity index (χ1) is 12.2. The second-order valence-electron chi connectivity index (χ2n) is 6.20. The molecule has 1 saturated heterocycles. The van der Waals surface area contributed by atoms with Gasteiger partial charge in [0.2, 0.25) is 0 Å². The van der Waals surface area contributed by atoms with Gasteiger partial charge in [-0.3, -0.25) is 15.0 Å². The first kappa shape index (κ1) is 17.3. The van der Waals surface area contributed by atoms with E-state index in [9.17, 15) is 10.1 Å². The molecule has 0 aliphatic carbocycles. The van der Waals surface area contributed by atoms with E-state index in [4.69, 9.17) is 4.74 Å². The lowest BCUT2D eigenvalue weighted by Crippen LogP contribution is -2.39. The Hall–Kier alpha value is -2.50. The Bertz CT molecular complexity index is 726. The van der Waals surface area contributed by atoms with Crippen molar-refractivity contribution in [2.24, 2.45) is 0 Å². The summed E-state index contributed by atoms with van der Waals surface area (Å²) in [7, 11) is 0. The van der Waals surface area contributed by atoms with E-state index in [-0.39, 0.29) is 16.7 Å². The summed E-state index contributed by atoms with van der Waals surface area (Å²) in [6, 6.07) is 15.1. The maximum atomic E-state index is 10.8. The van der Waals surface area contributed by atoms with Gasteiger partial charge >= 0.3 is 0 Å². The van der Waals surface area contributed by atoms with E-state index in [2.05, 4.69) is 35.7 Å². The quantitative estimate of drug-likeness (QED) is 0.593. The van der Waals surface area contributed by atoms with Crippen LogP contribution in [0.1, 0.15) is 22.8 Å². The highest BCUT2D eigenvalue weighted by atomic mass is 16.6. The molecule has 1 fully saturated rings. The van der Waals surface area contributed by atoms with Gasteiger partial charge in [0, 0.05) is 31.8 Å². The van der Waals surface area contributed by atoms with Gasteiger partial charge in [-0.05, 0) is 35.2 Å². The zero-order valence-electron chi connectivity index (χ0n) is 14.1. The number of hydrogen-bond acceptors (Lipinski definition) is 4. The standard InChI is InChI=1S/C20H22N2O3/c1-2-16-3-5-17(6-4-16)11-12-21-13-14-25-20(15-21)18-7-9-19(10-8-18)22(23)24/h2-10,20H,1,11-15H2/t20-/m0/s1. The number of benzene rings is 2. The fourth-order valence-corrected chi connectivity index (χ4v) is 3.03. The Kier molecular flexibility index (Phi) is 5.58. The molecular weight excluding hydrogens is 316 g/mol.